The van der Waals surface area contributed by atoms with Crippen LogP contribution in [-0.4, -0.2) is 15.9 Å². The first kappa shape index (κ1) is 18.7. The average Bonchev–Trinajstić information content (AvgIpc) is 3.17. The topological polar surface area (TPSA) is 68.0 Å². The Labute approximate surface area is 165 Å². The van der Waals surface area contributed by atoms with Gasteiger partial charge in [0.25, 0.3) is 0 Å². The molecule has 1 N–H and O–H groups in total. The van der Waals surface area contributed by atoms with Gasteiger partial charge in [0, 0.05) is 35.6 Å². The summed E-state index contributed by atoms with van der Waals surface area (Å²) in [4.78, 5) is 21.2. The molecule has 1 aromatic carbocycles. The molecule has 5 heteroatoms. The van der Waals surface area contributed by atoms with Gasteiger partial charge in [0.2, 0.25) is 11.8 Å². The highest BCUT2D eigenvalue weighted by atomic mass is 16.3. The van der Waals surface area contributed by atoms with E-state index in [2.05, 4.69) is 22.2 Å². The lowest BCUT2D eigenvalue weighted by atomic mass is 9.79. The van der Waals surface area contributed by atoms with E-state index in [0.29, 0.717) is 11.5 Å². The fourth-order valence-corrected chi connectivity index (χ4v) is 4.07. The molecule has 1 fully saturated rings. The first-order chi connectivity index (χ1) is 13.7. The Kier molecular flexibility index (Phi) is 5.70. The van der Waals surface area contributed by atoms with E-state index in [1.807, 2.05) is 30.3 Å². The van der Waals surface area contributed by atoms with Gasteiger partial charge in [-0.1, -0.05) is 26.2 Å². The van der Waals surface area contributed by atoms with Crippen LogP contribution in [0.5, 0.6) is 0 Å². The summed E-state index contributed by atoms with van der Waals surface area (Å²) >= 11 is 0. The summed E-state index contributed by atoms with van der Waals surface area (Å²) in [5, 5.41) is 3.07. The first-order valence-corrected chi connectivity index (χ1v) is 10.3. The number of nitrogens with zero attached hydrogens (tertiary/aromatic N) is 2. The molecule has 146 valence electrons. The van der Waals surface area contributed by atoms with Gasteiger partial charge in [0.1, 0.15) is 5.52 Å². The maximum absolute atomic E-state index is 12.7. The lowest BCUT2D eigenvalue weighted by molar-refractivity contribution is -0.121. The summed E-state index contributed by atoms with van der Waals surface area (Å²) in [5.74, 6) is 1.62. The van der Waals surface area contributed by atoms with Crippen LogP contribution in [0.1, 0.15) is 51.9 Å². The number of unbranched alkanes of at least 4 members (excludes halogenated alkanes) is 1. The van der Waals surface area contributed by atoms with Crippen LogP contribution in [-0.2, 0) is 4.79 Å². The number of amides is 1. The molecule has 0 radical (unpaired) electrons. The van der Waals surface area contributed by atoms with E-state index in [4.69, 9.17) is 4.42 Å². The van der Waals surface area contributed by atoms with Crippen LogP contribution in [0.25, 0.3) is 22.6 Å². The molecular weight excluding hydrogens is 350 g/mol. The van der Waals surface area contributed by atoms with Crippen molar-refractivity contribution in [2.24, 2.45) is 11.8 Å². The molecule has 0 bridgehead atoms. The number of hydrogen-bond donors (Lipinski definition) is 1. The molecule has 1 aliphatic carbocycles. The van der Waals surface area contributed by atoms with Crippen molar-refractivity contribution in [1.29, 1.82) is 0 Å². The molecule has 1 amide bonds. The highest BCUT2D eigenvalue weighted by molar-refractivity contribution is 5.94. The smallest absolute Gasteiger partial charge is 0.227 e. The average molecular weight is 377 g/mol. The number of oxazole rings is 1. The Morgan fingerprint density at radius 2 is 1.93 bits per heavy atom. The summed E-state index contributed by atoms with van der Waals surface area (Å²) < 4.78 is 5.88. The number of fused-ring (bicyclic) bond motifs is 1. The van der Waals surface area contributed by atoms with Crippen molar-refractivity contribution in [3.8, 4) is 11.5 Å². The number of benzene rings is 1. The summed E-state index contributed by atoms with van der Waals surface area (Å²) in [7, 11) is 0. The largest absolute Gasteiger partial charge is 0.436 e. The number of carbonyl (C=O) groups is 1. The van der Waals surface area contributed by atoms with E-state index < -0.39 is 0 Å². The van der Waals surface area contributed by atoms with Crippen LogP contribution in [0, 0.1) is 11.8 Å². The minimum absolute atomic E-state index is 0.121. The molecule has 0 spiro atoms. The number of hydrogen-bond acceptors (Lipinski definition) is 4. The molecule has 0 atom stereocenters. The predicted molar refractivity (Wildman–Crippen MR) is 111 cm³/mol. The number of anilines is 1. The molecule has 2 heterocycles. The lowest BCUT2D eigenvalue weighted by Crippen LogP contribution is -2.27. The molecule has 3 aromatic rings. The van der Waals surface area contributed by atoms with Crippen molar-refractivity contribution in [2.75, 3.05) is 5.32 Å². The van der Waals surface area contributed by atoms with Gasteiger partial charge in [-0.15, -0.1) is 0 Å². The summed E-state index contributed by atoms with van der Waals surface area (Å²) in [6.45, 7) is 2.24. The first-order valence-electron chi connectivity index (χ1n) is 10.3. The predicted octanol–water partition coefficient (Wildman–Crippen LogP) is 5.82. The van der Waals surface area contributed by atoms with Crippen LogP contribution in [0.2, 0.25) is 0 Å². The van der Waals surface area contributed by atoms with Crippen molar-refractivity contribution in [1.82, 2.24) is 9.97 Å². The second-order valence-corrected chi connectivity index (χ2v) is 7.79. The number of pyridine rings is 1. The van der Waals surface area contributed by atoms with E-state index in [1.54, 1.807) is 12.4 Å². The molecule has 28 heavy (non-hydrogen) atoms. The van der Waals surface area contributed by atoms with Crippen LogP contribution >= 0.6 is 0 Å². The van der Waals surface area contributed by atoms with Crippen LogP contribution in [0.15, 0.2) is 47.1 Å². The minimum atomic E-state index is 0.121. The third-order valence-electron chi connectivity index (χ3n) is 5.77. The minimum Gasteiger partial charge on any atom is -0.436 e. The number of nitrogens with one attached hydrogen (secondary N) is 1. The van der Waals surface area contributed by atoms with Crippen molar-refractivity contribution < 1.29 is 9.21 Å². The van der Waals surface area contributed by atoms with Gasteiger partial charge in [0.05, 0.1) is 0 Å². The molecule has 5 nitrogen and oxygen atoms in total. The highest BCUT2D eigenvalue weighted by Crippen LogP contribution is 2.33. The Bertz CT molecular complexity index is 927. The SMILES string of the molecule is CCCCC1CCC(C(=O)Nc2ccc3nc(-c4ccncc4)oc3c2)CC1. The highest BCUT2D eigenvalue weighted by Gasteiger charge is 2.26. The molecule has 4 rings (SSSR count). The molecule has 0 unspecified atom stereocenters. The Morgan fingerprint density at radius 3 is 2.68 bits per heavy atom. The summed E-state index contributed by atoms with van der Waals surface area (Å²) in [6, 6.07) is 9.37. The monoisotopic (exact) mass is 377 g/mol. The van der Waals surface area contributed by atoms with Gasteiger partial charge in [-0.2, -0.15) is 0 Å². The van der Waals surface area contributed by atoms with Gasteiger partial charge in [-0.3, -0.25) is 9.78 Å². The van der Waals surface area contributed by atoms with Gasteiger partial charge in [0.15, 0.2) is 5.58 Å². The lowest BCUT2D eigenvalue weighted by Gasteiger charge is -2.27. The maximum Gasteiger partial charge on any atom is 0.227 e. The number of rotatable bonds is 6. The van der Waals surface area contributed by atoms with Crippen LogP contribution < -0.4 is 5.32 Å². The van der Waals surface area contributed by atoms with E-state index in [-0.39, 0.29) is 11.8 Å². The van der Waals surface area contributed by atoms with Gasteiger partial charge >= 0.3 is 0 Å². The summed E-state index contributed by atoms with van der Waals surface area (Å²) in [5.41, 5.74) is 3.11. The van der Waals surface area contributed by atoms with Crippen molar-refractivity contribution in [3.05, 3.63) is 42.7 Å². The van der Waals surface area contributed by atoms with Crippen molar-refractivity contribution in [2.45, 2.75) is 51.9 Å². The Morgan fingerprint density at radius 1 is 1.14 bits per heavy atom. The fraction of sp³-hybridized carbons (Fsp3) is 0.435. The molecule has 0 aliphatic heterocycles. The van der Waals surface area contributed by atoms with Crippen LogP contribution in [0.4, 0.5) is 5.69 Å². The third kappa shape index (κ3) is 4.24. The Balaban J connectivity index is 1.40. The maximum atomic E-state index is 12.7. The second-order valence-electron chi connectivity index (χ2n) is 7.79. The normalized spacial score (nSPS) is 19.6. The van der Waals surface area contributed by atoms with Crippen LogP contribution in [0.3, 0.4) is 0 Å². The van der Waals surface area contributed by atoms with E-state index >= 15 is 0 Å². The van der Waals surface area contributed by atoms with E-state index in [1.165, 1.54) is 32.1 Å². The molecular formula is C23H27N3O2. The molecule has 2 aromatic heterocycles. The molecule has 1 saturated carbocycles. The zero-order valence-corrected chi connectivity index (χ0v) is 16.4. The second kappa shape index (κ2) is 8.55. The summed E-state index contributed by atoms with van der Waals surface area (Å²) in [6.07, 6.45) is 11.6. The standard InChI is InChI=1S/C23H27N3O2/c1-2-3-4-16-5-7-17(8-6-16)22(27)25-19-9-10-20-21(15-19)28-23(26-20)18-11-13-24-14-12-18/h9-17H,2-8H2,1H3,(H,25,27). The number of aromatic nitrogens is 2. The number of carbonyl (C=O) groups excluding carboxylic acids is 1. The van der Waals surface area contributed by atoms with Gasteiger partial charge in [-0.05, 0) is 55.9 Å². The van der Waals surface area contributed by atoms with Gasteiger partial charge < -0.3 is 9.73 Å². The van der Waals surface area contributed by atoms with Crippen molar-refractivity contribution in [3.63, 3.8) is 0 Å². The van der Waals surface area contributed by atoms with Gasteiger partial charge in [-0.25, -0.2) is 4.98 Å². The quantitative estimate of drug-likeness (QED) is 0.587. The Hall–Kier alpha value is -2.69. The van der Waals surface area contributed by atoms with Crippen molar-refractivity contribution >= 4 is 22.7 Å². The third-order valence-corrected chi connectivity index (χ3v) is 5.77. The molecule has 0 saturated heterocycles. The fourth-order valence-electron chi connectivity index (χ4n) is 4.07. The van der Waals surface area contributed by atoms with E-state index in [0.717, 1.165) is 35.5 Å². The zero-order valence-electron chi connectivity index (χ0n) is 16.4. The zero-order chi connectivity index (χ0) is 19.3. The van der Waals surface area contributed by atoms with E-state index in [9.17, 15) is 4.79 Å². The molecule has 1 aliphatic rings.